The van der Waals surface area contributed by atoms with Gasteiger partial charge in [-0.1, -0.05) is 18.2 Å². The Balaban J connectivity index is 1.86. The number of aromatic amines is 1. The largest absolute Gasteiger partial charge is 0.480 e. The molecule has 0 radical (unpaired) electrons. The molecule has 0 aliphatic heterocycles. The van der Waals surface area contributed by atoms with E-state index in [0.717, 1.165) is 16.5 Å². The summed E-state index contributed by atoms with van der Waals surface area (Å²) in [7, 11) is 0. The quantitative estimate of drug-likeness (QED) is 0.0991. The Morgan fingerprint density at radius 2 is 1.65 bits per heavy atom. The van der Waals surface area contributed by atoms with Crippen molar-refractivity contribution in [3.05, 3.63) is 36.0 Å². The van der Waals surface area contributed by atoms with E-state index in [1.165, 1.54) is 18.7 Å². The molecule has 0 saturated heterocycles. The number of primary amides is 1. The number of carbonyl (C=O) groups excluding carboxylic acids is 5. The Kier molecular flexibility index (Phi) is 12.4. The SMILES string of the molecule is C[C@H](NC(=O)C(CO)NC(=O)[C@@H](N)CSCc1c[nH]c2ccccc12)C(=O)NC(CC(N)=O)C(=O)NCC(=O)O. The number of thioether (sulfide) groups is 1. The molecule has 2 rings (SSSR count). The van der Waals surface area contributed by atoms with Crippen molar-refractivity contribution in [1.29, 1.82) is 0 Å². The van der Waals surface area contributed by atoms with Crippen LogP contribution in [0, 0.1) is 0 Å². The number of nitrogens with one attached hydrogen (secondary N) is 5. The second-order valence-corrected chi connectivity index (χ2v) is 9.83. The first kappa shape index (κ1) is 32.1. The van der Waals surface area contributed by atoms with Crippen LogP contribution < -0.4 is 32.7 Å². The minimum atomic E-state index is -1.49. The van der Waals surface area contributed by atoms with Gasteiger partial charge in [-0.3, -0.25) is 28.8 Å². The smallest absolute Gasteiger partial charge is 0.322 e. The van der Waals surface area contributed by atoms with Crippen molar-refractivity contribution in [3.8, 4) is 0 Å². The van der Waals surface area contributed by atoms with E-state index in [1.54, 1.807) is 0 Å². The number of nitrogens with two attached hydrogens (primary N) is 2. The predicted octanol–water partition coefficient (Wildman–Crippen LogP) is -2.73. The fourth-order valence-corrected chi connectivity index (χ4v) is 4.45. The number of aliphatic hydroxyl groups is 1. The Labute approximate surface area is 233 Å². The van der Waals surface area contributed by atoms with Gasteiger partial charge in [0.1, 0.15) is 24.7 Å². The predicted molar refractivity (Wildman–Crippen MR) is 145 cm³/mol. The van der Waals surface area contributed by atoms with Gasteiger partial charge in [0.2, 0.25) is 29.5 Å². The summed E-state index contributed by atoms with van der Waals surface area (Å²) < 4.78 is 0. The highest BCUT2D eigenvalue weighted by molar-refractivity contribution is 7.98. The average molecular weight is 580 g/mol. The highest BCUT2D eigenvalue weighted by Crippen LogP contribution is 2.22. The first-order chi connectivity index (χ1) is 18.9. The molecule has 40 heavy (non-hydrogen) atoms. The van der Waals surface area contributed by atoms with Gasteiger partial charge in [0, 0.05) is 28.6 Å². The van der Waals surface area contributed by atoms with Crippen LogP contribution in [0.15, 0.2) is 30.5 Å². The molecule has 2 unspecified atom stereocenters. The van der Waals surface area contributed by atoms with Crippen molar-refractivity contribution in [2.75, 3.05) is 18.9 Å². The zero-order valence-corrected chi connectivity index (χ0v) is 22.5. The maximum Gasteiger partial charge on any atom is 0.322 e. The van der Waals surface area contributed by atoms with Gasteiger partial charge in [0.05, 0.1) is 19.1 Å². The van der Waals surface area contributed by atoms with Crippen molar-refractivity contribution in [2.24, 2.45) is 11.5 Å². The number of amides is 5. The van der Waals surface area contributed by atoms with Crippen LogP contribution in [0.5, 0.6) is 0 Å². The van der Waals surface area contributed by atoms with Crippen LogP contribution in [0.3, 0.4) is 0 Å². The lowest BCUT2D eigenvalue weighted by atomic mass is 10.1. The van der Waals surface area contributed by atoms with Crippen molar-refractivity contribution >= 4 is 58.2 Å². The first-order valence-electron chi connectivity index (χ1n) is 12.1. The molecule has 0 spiro atoms. The molecule has 0 aliphatic rings. The maximum absolute atomic E-state index is 12.6. The van der Waals surface area contributed by atoms with Gasteiger partial charge in [0.15, 0.2) is 0 Å². The van der Waals surface area contributed by atoms with Gasteiger partial charge in [-0.25, -0.2) is 0 Å². The van der Waals surface area contributed by atoms with Crippen molar-refractivity contribution < 1.29 is 39.0 Å². The summed E-state index contributed by atoms with van der Waals surface area (Å²) in [6.07, 6.45) is 1.26. The third-order valence-electron chi connectivity index (χ3n) is 5.59. The van der Waals surface area contributed by atoms with Gasteiger partial charge in [-0.15, -0.1) is 0 Å². The highest BCUT2D eigenvalue weighted by Gasteiger charge is 2.29. The van der Waals surface area contributed by atoms with Crippen LogP contribution in [0.25, 0.3) is 10.9 Å². The minimum Gasteiger partial charge on any atom is -0.480 e. The summed E-state index contributed by atoms with van der Waals surface area (Å²) in [5, 5.41) is 28.2. The lowest BCUT2D eigenvalue weighted by molar-refractivity contribution is -0.138. The molecule has 15 nitrogen and oxygen atoms in total. The average Bonchev–Trinajstić information content (AvgIpc) is 3.32. The molecule has 2 aromatic rings. The van der Waals surface area contributed by atoms with Crippen LogP contribution >= 0.6 is 11.8 Å². The van der Waals surface area contributed by atoms with E-state index in [0.29, 0.717) is 5.75 Å². The minimum absolute atomic E-state index is 0.231. The number of H-pyrrole nitrogens is 1. The number of carboxylic acids is 1. The zero-order valence-electron chi connectivity index (χ0n) is 21.6. The van der Waals surface area contributed by atoms with E-state index in [-0.39, 0.29) is 5.75 Å². The fraction of sp³-hybridized carbons (Fsp3) is 0.417. The summed E-state index contributed by atoms with van der Waals surface area (Å²) in [5.74, 6) is -4.92. The molecule has 1 aromatic carbocycles. The van der Waals surface area contributed by atoms with E-state index >= 15 is 0 Å². The Morgan fingerprint density at radius 3 is 2.30 bits per heavy atom. The summed E-state index contributed by atoms with van der Waals surface area (Å²) >= 11 is 1.42. The Morgan fingerprint density at radius 1 is 0.975 bits per heavy atom. The summed E-state index contributed by atoms with van der Waals surface area (Å²) in [4.78, 5) is 74.8. The monoisotopic (exact) mass is 579 g/mol. The van der Waals surface area contributed by atoms with E-state index in [9.17, 15) is 33.9 Å². The molecule has 1 heterocycles. The Bertz CT molecular complexity index is 1240. The van der Waals surface area contributed by atoms with Gasteiger partial charge in [-0.2, -0.15) is 11.8 Å². The molecule has 218 valence electrons. The van der Waals surface area contributed by atoms with E-state index in [4.69, 9.17) is 16.6 Å². The maximum atomic E-state index is 12.6. The molecule has 0 fully saturated rings. The van der Waals surface area contributed by atoms with Gasteiger partial charge < -0.3 is 47.9 Å². The number of fused-ring (bicyclic) bond motifs is 1. The fourth-order valence-electron chi connectivity index (χ4n) is 3.47. The molecule has 4 atom stereocenters. The molecule has 1 aromatic heterocycles. The third kappa shape index (κ3) is 9.87. The normalized spacial score (nSPS) is 13.9. The van der Waals surface area contributed by atoms with E-state index in [2.05, 4.69) is 20.9 Å². The zero-order chi connectivity index (χ0) is 29.8. The van der Waals surface area contributed by atoms with Crippen molar-refractivity contribution in [2.45, 2.75) is 43.3 Å². The number of para-hydroxylation sites is 1. The molecule has 0 bridgehead atoms. The number of carbonyl (C=O) groups is 6. The second-order valence-electron chi connectivity index (χ2n) is 8.80. The van der Waals surface area contributed by atoms with E-state index < -0.39 is 79.2 Å². The number of benzene rings is 1. The lowest BCUT2D eigenvalue weighted by Crippen LogP contribution is -2.58. The second kappa shape index (κ2) is 15.4. The molecular weight excluding hydrogens is 546 g/mol. The number of aliphatic carboxylic acids is 1. The van der Waals surface area contributed by atoms with Crippen LogP contribution in [-0.2, 0) is 34.5 Å². The Hall–Kier alpha value is -4.15. The molecule has 11 N–H and O–H groups in total. The van der Waals surface area contributed by atoms with Gasteiger partial charge in [0.25, 0.3) is 0 Å². The molecule has 16 heteroatoms. The molecular formula is C24H33N7O8S. The number of rotatable bonds is 16. The highest BCUT2D eigenvalue weighted by atomic mass is 32.2. The number of aromatic nitrogens is 1. The number of carboxylic acid groups (broad SMARTS) is 1. The summed E-state index contributed by atoms with van der Waals surface area (Å²) in [6, 6.07) is 2.59. The summed E-state index contributed by atoms with van der Waals surface area (Å²) in [6.45, 7) is -0.284. The van der Waals surface area contributed by atoms with Crippen molar-refractivity contribution in [3.63, 3.8) is 0 Å². The van der Waals surface area contributed by atoms with Crippen molar-refractivity contribution in [1.82, 2.24) is 26.3 Å². The van der Waals surface area contributed by atoms with Crippen LogP contribution in [0.4, 0.5) is 0 Å². The molecule has 0 saturated carbocycles. The number of aliphatic hydroxyl groups excluding tert-OH is 1. The van der Waals surface area contributed by atoms with Crippen LogP contribution in [-0.4, -0.2) is 93.8 Å². The topological polar surface area (TPSA) is 259 Å². The number of hydrogen-bond acceptors (Lipinski definition) is 9. The van der Waals surface area contributed by atoms with E-state index in [1.807, 2.05) is 35.8 Å². The third-order valence-corrected chi connectivity index (χ3v) is 6.70. The summed E-state index contributed by atoms with van der Waals surface area (Å²) in [5.41, 5.74) is 13.1. The van der Waals surface area contributed by atoms with Crippen LogP contribution in [0.1, 0.15) is 18.9 Å². The standard InChI is InChI=1S/C24H33N7O8S/c1-12(21(36)30-17(6-19(26)33)23(38)28-8-20(34)35)29-24(39)18(9-32)31-22(37)15(25)11-40-10-13-7-27-16-5-3-2-4-14(13)16/h2-5,7,12,15,17-18,27,32H,6,8-11,25H2,1H3,(H2,26,33)(H,28,38)(H,29,39)(H,30,36)(H,31,37)(H,34,35)/t12-,15-,17?,18?/m0/s1. The lowest BCUT2D eigenvalue weighted by Gasteiger charge is -2.23. The van der Waals surface area contributed by atoms with Gasteiger partial charge in [-0.05, 0) is 18.6 Å². The number of hydrogen-bond donors (Lipinski definition) is 9. The molecule has 0 aliphatic carbocycles. The molecule has 5 amide bonds. The first-order valence-corrected chi connectivity index (χ1v) is 13.3. The van der Waals surface area contributed by atoms with Gasteiger partial charge >= 0.3 is 5.97 Å². The van der Waals surface area contributed by atoms with Crippen LogP contribution in [0.2, 0.25) is 0 Å².